The van der Waals surface area contributed by atoms with Crippen LogP contribution in [-0.4, -0.2) is 17.0 Å². The first-order valence-electron chi connectivity index (χ1n) is 6.97. The Labute approximate surface area is 147 Å². The van der Waals surface area contributed by atoms with E-state index < -0.39 is 11.9 Å². The van der Waals surface area contributed by atoms with Crippen LogP contribution in [0.1, 0.15) is 20.7 Å². The van der Waals surface area contributed by atoms with E-state index in [1.807, 2.05) is 6.07 Å². The van der Waals surface area contributed by atoms with Crippen LogP contribution in [0.25, 0.3) is 10.8 Å². The quantitative estimate of drug-likeness (QED) is 0.683. The summed E-state index contributed by atoms with van der Waals surface area (Å²) in [5, 5.41) is 14.5. The number of amides is 1. The van der Waals surface area contributed by atoms with Crippen LogP contribution >= 0.6 is 23.2 Å². The van der Waals surface area contributed by atoms with Crippen molar-refractivity contribution in [3.63, 3.8) is 0 Å². The molecule has 0 saturated heterocycles. The third-order valence-corrected chi connectivity index (χ3v) is 3.99. The molecule has 0 aliphatic heterocycles. The Morgan fingerprint density at radius 3 is 2.21 bits per heavy atom. The van der Waals surface area contributed by atoms with E-state index >= 15 is 0 Å². The third kappa shape index (κ3) is 3.35. The van der Waals surface area contributed by atoms with Crippen molar-refractivity contribution in [2.45, 2.75) is 0 Å². The summed E-state index contributed by atoms with van der Waals surface area (Å²) in [5.74, 6) is -1.57. The fraction of sp³-hybridized carbons (Fsp3) is 0. The number of carbonyl (C=O) groups is 2. The maximum absolute atomic E-state index is 12.4. The molecule has 0 aliphatic carbocycles. The van der Waals surface area contributed by atoms with Crippen LogP contribution < -0.4 is 5.32 Å². The van der Waals surface area contributed by atoms with Gasteiger partial charge >= 0.3 is 5.97 Å². The van der Waals surface area contributed by atoms with E-state index in [0.29, 0.717) is 10.6 Å². The number of hydrogen-bond acceptors (Lipinski definition) is 2. The van der Waals surface area contributed by atoms with Gasteiger partial charge in [-0.3, -0.25) is 4.79 Å². The van der Waals surface area contributed by atoms with Gasteiger partial charge in [0.2, 0.25) is 0 Å². The van der Waals surface area contributed by atoms with Crippen molar-refractivity contribution >= 4 is 51.5 Å². The largest absolute Gasteiger partial charge is 0.478 e. The zero-order chi connectivity index (χ0) is 17.3. The van der Waals surface area contributed by atoms with Gasteiger partial charge in [-0.05, 0) is 53.2 Å². The minimum Gasteiger partial charge on any atom is -0.478 e. The summed E-state index contributed by atoms with van der Waals surface area (Å²) in [6, 6.07) is 14.8. The molecule has 6 heteroatoms. The van der Waals surface area contributed by atoms with Crippen LogP contribution in [0, 0.1) is 0 Å². The van der Waals surface area contributed by atoms with E-state index in [4.69, 9.17) is 23.2 Å². The summed E-state index contributed by atoms with van der Waals surface area (Å²) in [6.45, 7) is 0. The zero-order valence-corrected chi connectivity index (χ0v) is 13.7. The number of carboxylic acids is 1. The summed E-state index contributed by atoms with van der Waals surface area (Å²) >= 11 is 11.7. The Bertz CT molecular complexity index is 970. The van der Waals surface area contributed by atoms with Gasteiger partial charge in [-0.25, -0.2) is 4.79 Å². The van der Waals surface area contributed by atoms with Crippen molar-refractivity contribution in [3.8, 4) is 0 Å². The standard InChI is InChI=1S/C18H11Cl2NO3/c19-13-4-3-10-7-12(2-1-11(10)8-13)17(22)21-16-6-5-14(20)9-15(16)18(23)24/h1-9H,(H,21,22)(H,23,24). The molecule has 3 rings (SSSR count). The van der Waals surface area contributed by atoms with E-state index in [2.05, 4.69) is 5.32 Å². The summed E-state index contributed by atoms with van der Waals surface area (Å²) in [6.07, 6.45) is 0. The Balaban J connectivity index is 1.93. The van der Waals surface area contributed by atoms with Gasteiger partial charge in [-0.15, -0.1) is 0 Å². The monoisotopic (exact) mass is 359 g/mol. The predicted octanol–water partition coefficient (Wildman–Crippen LogP) is 5.10. The molecule has 2 N–H and O–H groups in total. The highest BCUT2D eigenvalue weighted by Crippen LogP contribution is 2.23. The SMILES string of the molecule is O=C(Nc1ccc(Cl)cc1C(=O)O)c1ccc2cc(Cl)ccc2c1. The second-order valence-corrected chi connectivity index (χ2v) is 6.03. The molecular formula is C18H11Cl2NO3. The number of nitrogens with one attached hydrogen (secondary N) is 1. The number of anilines is 1. The van der Waals surface area contributed by atoms with Gasteiger partial charge in [-0.2, -0.15) is 0 Å². The van der Waals surface area contributed by atoms with Crippen LogP contribution in [-0.2, 0) is 0 Å². The molecular weight excluding hydrogens is 349 g/mol. The fourth-order valence-electron chi connectivity index (χ4n) is 2.35. The molecule has 0 atom stereocenters. The lowest BCUT2D eigenvalue weighted by Crippen LogP contribution is -2.14. The van der Waals surface area contributed by atoms with Crippen molar-refractivity contribution in [1.29, 1.82) is 0 Å². The van der Waals surface area contributed by atoms with Crippen molar-refractivity contribution in [2.24, 2.45) is 0 Å². The minimum absolute atomic E-state index is 0.0663. The maximum Gasteiger partial charge on any atom is 0.337 e. The van der Waals surface area contributed by atoms with E-state index in [9.17, 15) is 14.7 Å². The van der Waals surface area contributed by atoms with Crippen LogP contribution in [0.2, 0.25) is 10.0 Å². The molecule has 0 fully saturated rings. The molecule has 0 radical (unpaired) electrons. The number of rotatable bonds is 3. The lowest BCUT2D eigenvalue weighted by molar-refractivity contribution is 0.0698. The minimum atomic E-state index is -1.17. The molecule has 24 heavy (non-hydrogen) atoms. The average Bonchev–Trinajstić information content (AvgIpc) is 2.55. The van der Waals surface area contributed by atoms with Gasteiger partial charge < -0.3 is 10.4 Å². The lowest BCUT2D eigenvalue weighted by Gasteiger charge is -2.09. The predicted molar refractivity (Wildman–Crippen MR) is 95.3 cm³/mol. The van der Waals surface area contributed by atoms with Crippen molar-refractivity contribution in [2.75, 3.05) is 5.32 Å². The van der Waals surface area contributed by atoms with E-state index in [1.54, 1.807) is 30.3 Å². The number of hydrogen-bond donors (Lipinski definition) is 2. The number of carboxylic acid groups (broad SMARTS) is 1. The van der Waals surface area contributed by atoms with Crippen molar-refractivity contribution in [3.05, 3.63) is 75.8 Å². The molecule has 0 aliphatic rings. The molecule has 0 unspecified atom stereocenters. The smallest absolute Gasteiger partial charge is 0.337 e. The summed E-state index contributed by atoms with van der Waals surface area (Å²) in [7, 11) is 0. The second-order valence-electron chi connectivity index (χ2n) is 5.16. The molecule has 4 nitrogen and oxygen atoms in total. The number of aromatic carboxylic acids is 1. The average molecular weight is 360 g/mol. The molecule has 0 saturated carbocycles. The normalized spacial score (nSPS) is 10.6. The number of carbonyl (C=O) groups excluding carboxylic acids is 1. The summed E-state index contributed by atoms with van der Waals surface area (Å²) in [5.41, 5.74) is 0.535. The third-order valence-electron chi connectivity index (χ3n) is 3.52. The van der Waals surface area contributed by atoms with Gasteiger partial charge in [0.05, 0.1) is 11.3 Å². The fourth-order valence-corrected chi connectivity index (χ4v) is 2.71. The number of benzene rings is 3. The molecule has 1 amide bonds. The second kappa shape index (κ2) is 6.51. The van der Waals surface area contributed by atoms with Crippen molar-refractivity contribution in [1.82, 2.24) is 0 Å². The van der Waals surface area contributed by atoms with E-state index in [0.717, 1.165) is 10.8 Å². The van der Waals surface area contributed by atoms with Gasteiger partial charge in [-0.1, -0.05) is 35.3 Å². The van der Waals surface area contributed by atoms with Crippen LogP contribution in [0.15, 0.2) is 54.6 Å². The topological polar surface area (TPSA) is 66.4 Å². The first-order valence-corrected chi connectivity index (χ1v) is 7.73. The first kappa shape index (κ1) is 16.3. The van der Waals surface area contributed by atoms with Gasteiger partial charge in [0.1, 0.15) is 0 Å². The Morgan fingerprint density at radius 2 is 1.46 bits per heavy atom. The van der Waals surface area contributed by atoms with E-state index in [-0.39, 0.29) is 16.3 Å². The highest BCUT2D eigenvalue weighted by atomic mass is 35.5. The molecule has 0 bridgehead atoms. The van der Waals surface area contributed by atoms with Crippen LogP contribution in [0.4, 0.5) is 5.69 Å². The number of halogens is 2. The van der Waals surface area contributed by atoms with Crippen molar-refractivity contribution < 1.29 is 14.7 Å². The molecule has 0 heterocycles. The van der Waals surface area contributed by atoms with Crippen LogP contribution in [0.5, 0.6) is 0 Å². The van der Waals surface area contributed by atoms with Gasteiger partial charge in [0.15, 0.2) is 0 Å². The maximum atomic E-state index is 12.4. The Kier molecular flexibility index (Phi) is 4.42. The summed E-state index contributed by atoms with van der Waals surface area (Å²) < 4.78 is 0. The van der Waals surface area contributed by atoms with Gasteiger partial charge in [0.25, 0.3) is 5.91 Å². The molecule has 3 aromatic carbocycles. The first-order chi connectivity index (χ1) is 11.4. The summed E-state index contributed by atoms with van der Waals surface area (Å²) in [4.78, 5) is 23.7. The Hall–Kier alpha value is -2.56. The molecule has 120 valence electrons. The highest BCUT2D eigenvalue weighted by molar-refractivity contribution is 6.31. The highest BCUT2D eigenvalue weighted by Gasteiger charge is 2.14. The molecule has 3 aromatic rings. The number of fused-ring (bicyclic) bond motifs is 1. The lowest BCUT2D eigenvalue weighted by atomic mass is 10.1. The van der Waals surface area contributed by atoms with Crippen LogP contribution in [0.3, 0.4) is 0 Å². The molecule has 0 spiro atoms. The Morgan fingerprint density at radius 1 is 0.833 bits per heavy atom. The zero-order valence-electron chi connectivity index (χ0n) is 12.2. The van der Waals surface area contributed by atoms with E-state index in [1.165, 1.54) is 18.2 Å². The van der Waals surface area contributed by atoms with Gasteiger partial charge in [0, 0.05) is 15.6 Å². The molecule has 0 aromatic heterocycles.